The fourth-order valence-electron chi connectivity index (χ4n) is 0.431. The highest BCUT2D eigenvalue weighted by Gasteiger charge is 1.97. The topological polar surface area (TPSA) is 54.9 Å². The van der Waals surface area contributed by atoms with E-state index in [1.165, 1.54) is 20.4 Å². The molecule has 0 aromatic rings. The Morgan fingerprint density at radius 2 is 2.08 bits per heavy atom. The highest BCUT2D eigenvalue weighted by atomic mass is 32.1. The van der Waals surface area contributed by atoms with Crippen molar-refractivity contribution in [2.45, 2.75) is 6.29 Å². The van der Waals surface area contributed by atoms with E-state index in [1.54, 1.807) is 7.05 Å². The standard InChI is InChI=1S/C6H13N3O2S/c1-7-6(12)9-8-4-5(10-2)11-3/h4-5H,1-3H3,(H2,7,9,12)/b8-4+. The second kappa shape index (κ2) is 6.96. The molecule has 0 atom stereocenters. The van der Waals surface area contributed by atoms with Crippen LogP contribution in [0.2, 0.25) is 0 Å². The number of nitrogens with one attached hydrogen (secondary N) is 2. The monoisotopic (exact) mass is 191 g/mol. The Kier molecular flexibility index (Phi) is 6.54. The Bertz CT molecular complexity index is 159. The number of thiocarbonyl (C=S) groups is 1. The van der Waals surface area contributed by atoms with E-state index in [1.807, 2.05) is 0 Å². The molecular formula is C6H13N3O2S. The fourth-order valence-corrected chi connectivity index (χ4v) is 0.483. The van der Waals surface area contributed by atoms with Crippen LogP contribution in [-0.2, 0) is 9.47 Å². The van der Waals surface area contributed by atoms with Crippen molar-refractivity contribution in [2.24, 2.45) is 5.10 Å². The zero-order valence-electron chi connectivity index (χ0n) is 7.33. The Morgan fingerprint density at radius 1 is 1.50 bits per heavy atom. The summed E-state index contributed by atoms with van der Waals surface area (Å²) in [6.07, 6.45) is 1.01. The first-order valence-electron chi connectivity index (χ1n) is 3.31. The second-order valence-corrected chi connectivity index (χ2v) is 2.22. The summed E-state index contributed by atoms with van der Waals surface area (Å²) in [5.74, 6) is 0. The van der Waals surface area contributed by atoms with Gasteiger partial charge in [0.1, 0.15) is 0 Å². The predicted octanol–water partition coefficient (Wildman–Crippen LogP) is -0.315. The van der Waals surface area contributed by atoms with E-state index in [0.717, 1.165) is 0 Å². The second-order valence-electron chi connectivity index (χ2n) is 1.81. The number of methoxy groups -OCH3 is 2. The van der Waals surface area contributed by atoms with Crippen LogP contribution in [0, 0.1) is 0 Å². The van der Waals surface area contributed by atoms with Gasteiger partial charge < -0.3 is 14.8 Å². The van der Waals surface area contributed by atoms with Gasteiger partial charge in [0, 0.05) is 21.3 Å². The summed E-state index contributed by atoms with van der Waals surface area (Å²) in [7, 11) is 4.75. The lowest BCUT2D eigenvalue weighted by atomic mass is 10.7. The first kappa shape index (κ1) is 11.3. The first-order valence-corrected chi connectivity index (χ1v) is 3.72. The van der Waals surface area contributed by atoms with Crippen molar-refractivity contribution >= 4 is 23.5 Å². The molecule has 0 amide bonds. The maximum Gasteiger partial charge on any atom is 0.195 e. The lowest BCUT2D eigenvalue weighted by molar-refractivity contribution is -0.0486. The first-order chi connectivity index (χ1) is 5.74. The number of hydrogen-bond donors (Lipinski definition) is 2. The van der Waals surface area contributed by atoms with E-state index >= 15 is 0 Å². The lowest BCUT2D eigenvalue weighted by Crippen LogP contribution is -2.29. The van der Waals surface area contributed by atoms with Crippen molar-refractivity contribution in [1.82, 2.24) is 10.7 Å². The van der Waals surface area contributed by atoms with Crippen LogP contribution in [0.5, 0.6) is 0 Å². The molecule has 0 saturated carbocycles. The van der Waals surface area contributed by atoms with Crippen molar-refractivity contribution in [2.75, 3.05) is 21.3 Å². The Balaban J connectivity index is 3.65. The van der Waals surface area contributed by atoms with Crippen LogP contribution >= 0.6 is 12.2 Å². The molecule has 12 heavy (non-hydrogen) atoms. The van der Waals surface area contributed by atoms with Gasteiger partial charge in [-0.05, 0) is 12.2 Å². The van der Waals surface area contributed by atoms with Gasteiger partial charge in [0.15, 0.2) is 11.4 Å². The van der Waals surface area contributed by atoms with Crippen molar-refractivity contribution in [1.29, 1.82) is 0 Å². The van der Waals surface area contributed by atoms with Crippen LogP contribution in [0.1, 0.15) is 0 Å². The maximum atomic E-state index is 4.84. The molecule has 0 fully saturated rings. The lowest BCUT2D eigenvalue weighted by Gasteiger charge is -2.06. The van der Waals surface area contributed by atoms with Crippen LogP contribution in [0.25, 0.3) is 0 Å². The Morgan fingerprint density at radius 3 is 2.50 bits per heavy atom. The van der Waals surface area contributed by atoms with E-state index in [0.29, 0.717) is 5.11 Å². The third-order valence-corrected chi connectivity index (χ3v) is 1.35. The quantitative estimate of drug-likeness (QED) is 0.276. The smallest absolute Gasteiger partial charge is 0.195 e. The minimum absolute atomic E-state index is 0.442. The highest BCUT2D eigenvalue weighted by molar-refractivity contribution is 7.80. The minimum atomic E-state index is -0.447. The molecule has 0 saturated heterocycles. The van der Waals surface area contributed by atoms with Crippen LogP contribution in [0.15, 0.2) is 5.10 Å². The van der Waals surface area contributed by atoms with Gasteiger partial charge in [-0.25, -0.2) is 0 Å². The summed E-state index contributed by atoms with van der Waals surface area (Å²) in [5.41, 5.74) is 2.56. The van der Waals surface area contributed by atoms with Crippen molar-refractivity contribution < 1.29 is 9.47 Å². The third-order valence-electron chi connectivity index (χ3n) is 1.05. The molecule has 0 aliphatic carbocycles. The van der Waals surface area contributed by atoms with Gasteiger partial charge in [-0.1, -0.05) is 0 Å². The number of hydrazone groups is 1. The summed E-state index contributed by atoms with van der Waals surface area (Å²) < 4.78 is 9.68. The van der Waals surface area contributed by atoms with Gasteiger partial charge in [0.2, 0.25) is 0 Å². The molecule has 0 rings (SSSR count). The molecule has 0 unspecified atom stereocenters. The molecule has 5 nitrogen and oxygen atoms in total. The van der Waals surface area contributed by atoms with Crippen molar-refractivity contribution in [3.05, 3.63) is 0 Å². The molecule has 70 valence electrons. The van der Waals surface area contributed by atoms with Gasteiger partial charge in [-0.2, -0.15) is 5.10 Å². The molecular weight excluding hydrogens is 178 g/mol. The molecule has 0 aliphatic heterocycles. The number of rotatable bonds is 4. The Labute approximate surface area is 77.1 Å². The fraction of sp³-hybridized carbons (Fsp3) is 0.667. The zero-order chi connectivity index (χ0) is 9.40. The number of ether oxygens (including phenoxy) is 2. The average molecular weight is 191 g/mol. The molecule has 0 bridgehead atoms. The van der Waals surface area contributed by atoms with Crippen molar-refractivity contribution in [3.63, 3.8) is 0 Å². The molecule has 0 aromatic carbocycles. The number of nitrogens with zero attached hydrogens (tertiary/aromatic N) is 1. The van der Waals surface area contributed by atoms with E-state index in [9.17, 15) is 0 Å². The maximum absolute atomic E-state index is 4.84. The Hall–Kier alpha value is -0.720. The summed E-state index contributed by atoms with van der Waals surface area (Å²) in [6, 6.07) is 0. The van der Waals surface area contributed by atoms with Gasteiger partial charge in [0.05, 0.1) is 6.21 Å². The summed E-state index contributed by atoms with van der Waals surface area (Å²) in [4.78, 5) is 0. The van der Waals surface area contributed by atoms with Gasteiger partial charge in [-0.3, -0.25) is 5.43 Å². The largest absolute Gasteiger partial charge is 0.364 e. The summed E-state index contributed by atoms with van der Waals surface area (Å²) >= 11 is 4.76. The molecule has 0 heterocycles. The molecule has 0 spiro atoms. The van der Waals surface area contributed by atoms with Gasteiger partial charge in [-0.15, -0.1) is 0 Å². The molecule has 6 heteroatoms. The summed E-state index contributed by atoms with van der Waals surface area (Å²) in [5, 5.41) is 6.90. The molecule has 2 N–H and O–H groups in total. The van der Waals surface area contributed by atoms with Crippen LogP contribution in [0.3, 0.4) is 0 Å². The van der Waals surface area contributed by atoms with Crippen LogP contribution in [0.4, 0.5) is 0 Å². The number of hydrogen-bond acceptors (Lipinski definition) is 4. The van der Waals surface area contributed by atoms with E-state index in [2.05, 4.69) is 15.8 Å². The SMILES string of the molecule is CNC(=S)N/N=C/C(OC)OC. The van der Waals surface area contributed by atoms with E-state index in [4.69, 9.17) is 21.7 Å². The molecule has 0 radical (unpaired) electrons. The van der Waals surface area contributed by atoms with Crippen LogP contribution < -0.4 is 10.7 Å². The van der Waals surface area contributed by atoms with Crippen molar-refractivity contribution in [3.8, 4) is 0 Å². The molecule has 0 aromatic heterocycles. The minimum Gasteiger partial charge on any atom is -0.364 e. The highest BCUT2D eigenvalue weighted by Crippen LogP contribution is 1.83. The zero-order valence-corrected chi connectivity index (χ0v) is 8.14. The third kappa shape index (κ3) is 5.00. The van der Waals surface area contributed by atoms with Crippen LogP contribution in [-0.4, -0.2) is 38.9 Å². The van der Waals surface area contributed by atoms with E-state index in [-0.39, 0.29) is 0 Å². The molecule has 0 aliphatic rings. The predicted molar refractivity (Wildman–Crippen MR) is 51.1 cm³/mol. The summed E-state index contributed by atoms with van der Waals surface area (Å²) in [6.45, 7) is 0. The normalized spacial score (nSPS) is 10.7. The average Bonchev–Trinajstić information content (AvgIpc) is 2.12. The van der Waals surface area contributed by atoms with Gasteiger partial charge in [0.25, 0.3) is 0 Å². The van der Waals surface area contributed by atoms with Gasteiger partial charge >= 0.3 is 0 Å². The van der Waals surface area contributed by atoms with E-state index < -0.39 is 6.29 Å².